The van der Waals surface area contributed by atoms with Crippen molar-refractivity contribution in [1.82, 2.24) is 4.98 Å². The molecule has 0 bridgehead atoms. The Morgan fingerprint density at radius 3 is 2.47 bits per heavy atom. The van der Waals surface area contributed by atoms with Crippen LogP contribution in [0.5, 0.6) is 11.5 Å². The van der Waals surface area contributed by atoms with Gasteiger partial charge in [0, 0.05) is 16.0 Å². The van der Waals surface area contributed by atoms with Gasteiger partial charge in [0.2, 0.25) is 0 Å². The normalized spacial score (nSPS) is 10.4. The summed E-state index contributed by atoms with van der Waals surface area (Å²) in [5, 5.41) is 3.33. The molecule has 0 aliphatic heterocycles. The lowest BCUT2D eigenvalue weighted by Crippen LogP contribution is -2.12. The van der Waals surface area contributed by atoms with Gasteiger partial charge in [0.15, 0.2) is 5.13 Å². The van der Waals surface area contributed by atoms with Crippen LogP contribution in [0.1, 0.15) is 27.7 Å². The van der Waals surface area contributed by atoms with Gasteiger partial charge in [0.1, 0.15) is 11.5 Å². The van der Waals surface area contributed by atoms with Gasteiger partial charge in [-0.05, 0) is 68.8 Å². The Morgan fingerprint density at radius 2 is 1.83 bits per heavy atom. The molecule has 2 aromatic carbocycles. The molecule has 0 unspecified atom stereocenters. The number of rotatable bonds is 6. The number of nitrogens with one attached hydrogen (secondary N) is 1. The third-order valence-electron chi connectivity index (χ3n) is 4.27. The minimum atomic E-state index is -0.783. The first-order valence-electron chi connectivity index (χ1n) is 9.29. The molecular weight excluding hydrogens is 404 g/mol. The Balaban J connectivity index is 1.71. The predicted octanol–water partition coefficient (Wildman–Crippen LogP) is 5.22. The summed E-state index contributed by atoms with van der Waals surface area (Å²) in [7, 11) is 1.64. The Labute approximate surface area is 178 Å². The summed E-state index contributed by atoms with van der Waals surface area (Å²) in [6.45, 7) is 5.85. The molecule has 8 heteroatoms. The number of benzene rings is 2. The van der Waals surface area contributed by atoms with Crippen molar-refractivity contribution in [2.75, 3.05) is 19.0 Å². The van der Waals surface area contributed by atoms with Crippen LogP contribution in [0.2, 0.25) is 0 Å². The zero-order chi connectivity index (χ0) is 21.7. The Hall–Kier alpha value is -3.39. The molecule has 7 nitrogen and oxygen atoms in total. The summed E-state index contributed by atoms with van der Waals surface area (Å²) < 4.78 is 15.0. The van der Waals surface area contributed by atoms with Crippen molar-refractivity contribution >= 4 is 28.5 Å². The third-order valence-corrected chi connectivity index (χ3v) is 5.15. The maximum absolute atomic E-state index is 12.6. The fourth-order valence-electron chi connectivity index (χ4n) is 2.83. The lowest BCUT2D eigenvalue weighted by atomic mass is 10.1. The summed E-state index contributed by atoms with van der Waals surface area (Å²) in [5.41, 5.74) is 3.21. The largest absolute Gasteiger partial charge is 0.513 e. The molecule has 1 heterocycles. The second kappa shape index (κ2) is 9.41. The molecule has 30 heavy (non-hydrogen) atoms. The summed E-state index contributed by atoms with van der Waals surface area (Å²) in [5.74, 6) is 0.812. The van der Waals surface area contributed by atoms with Gasteiger partial charge in [-0.1, -0.05) is 0 Å². The van der Waals surface area contributed by atoms with Gasteiger partial charge in [-0.25, -0.2) is 9.78 Å². The van der Waals surface area contributed by atoms with E-state index in [1.54, 1.807) is 26.2 Å². The molecule has 3 rings (SSSR count). The number of aromatic nitrogens is 1. The van der Waals surface area contributed by atoms with Crippen LogP contribution >= 0.6 is 11.3 Å². The maximum atomic E-state index is 12.6. The van der Waals surface area contributed by atoms with E-state index in [4.69, 9.17) is 14.2 Å². The van der Waals surface area contributed by atoms with Crippen LogP contribution in [0.25, 0.3) is 11.3 Å². The second-order valence-corrected chi connectivity index (χ2v) is 7.57. The van der Waals surface area contributed by atoms with Crippen LogP contribution < -0.4 is 14.8 Å². The average Bonchev–Trinajstić information content (AvgIpc) is 3.08. The van der Waals surface area contributed by atoms with E-state index in [9.17, 15) is 9.59 Å². The van der Waals surface area contributed by atoms with Gasteiger partial charge in [-0.2, -0.15) is 0 Å². The van der Waals surface area contributed by atoms with E-state index in [1.165, 1.54) is 23.5 Å². The minimum absolute atomic E-state index is 0.227. The third kappa shape index (κ3) is 4.96. The lowest BCUT2D eigenvalue weighted by Gasteiger charge is -2.06. The van der Waals surface area contributed by atoms with Crippen LogP contribution in [0, 0.1) is 13.8 Å². The average molecular weight is 426 g/mol. The number of anilines is 1. The van der Waals surface area contributed by atoms with Gasteiger partial charge < -0.3 is 14.2 Å². The number of carbonyl (C=O) groups excluding carboxylic acids is 2. The van der Waals surface area contributed by atoms with E-state index in [0.717, 1.165) is 27.4 Å². The van der Waals surface area contributed by atoms with Crippen molar-refractivity contribution in [3.05, 3.63) is 58.5 Å². The standard InChI is InChI=1S/C22H22N2O5S/c1-5-28-22(26)29-17-9-6-15(7-10-17)20(25)24-21-23-19(14(3)30-21)16-8-11-18(27-4)13(2)12-16/h6-12H,5H2,1-4H3,(H,23,24,25). The molecule has 3 aromatic rings. The highest BCUT2D eigenvalue weighted by molar-refractivity contribution is 7.16. The fraction of sp³-hybridized carbons (Fsp3) is 0.227. The number of hydrogen-bond donors (Lipinski definition) is 1. The predicted molar refractivity (Wildman–Crippen MR) is 116 cm³/mol. The second-order valence-electron chi connectivity index (χ2n) is 6.37. The first-order valence-corrected chi connectivity index (χ1v) is 10.1. The molecule has 1 aromatic heterocycles. The van der Waals surface area contributed by atoms with E-state index in [0.29, 0.717) is 16.4 Å². The summed E-state index contributed by atoms with van der Waals surface area (Å²) in [4.78, 5) is 29.5. The molecule has 0 aliphatic carbocycles. The van der Waals surface area contributed by atoms with Crippen LogP contribution in [0.4, 0.5) is 9.93 Å². The van der Waals surface area contributed by atoms with Crippen molar-refractivity contribution in [3.8, 4) is 22.8 Å². The van der Waals surface area contributed by atoms with Crippen LogP contribution in [-0.2, 0) is 4.74 Å². The molecule has 0 saturated carbocycles. The zero-order valence-corrected chi connectivity index (χ0v) is 18.0. The molecular formula is C22H22N2O5S. The molecule has 0 radical (unpaired) electrons. The molecule has 1 N–H and O–H groups in total. The number of methoxy groups -OCH3 is 1. The number of thiazole rings is 1. The fourth-order valence-corrected chi connectivity index (χ4v) is 3.66. The molecule has 156 valence electrons. The number of hydrogen-bond acceptors (Lipinski definition) is 7. The van der Waals surface area contributed by atoms with Crippen LogP contribution in [0.3, 0.4) is 0 Å². The van der Waals surface area contributed by atoms with Crippen LogP contribution in [0.15, 0.2) is 42.5 Å². The van der Waals surface area contributed by atoms with Crippen molar-refractivity contribution < 1.29 is 23.8 Å². The molecule has 0 spiro atoms. The zero-order valence-electron chi connectivity index (χ0n) is 17.1. The van der Waals surface area contributed by atoms with Gasteiger partial charge in [0.05, 0.1) is 19.4 Å². The maximum Gasteiger partial charge on any atom is 0.513 e. The van der Waals surface area contributed by atoms with Crippen molar-refractivity contribution in [2.45, 2.75) is 20.8 Å². The summed E-state index contributed by atoms with van der Waals surface area (Å²) in [6.07, 6.45) is -0.783. The van der Waals surface area contributed by atoms with E-state index >= 15 is 0 Å². The van der Waals surface area contributed by atoms with E-state index in [1.807, 2.05) is 32.0 Å². The Morgan fingerprint density at radius 1 is 1.10 bits per heavy atom. The number of nitrogens with zero attached hydrogens (tertiary/aromatic N) is 1. The minimum Gasteiger partial charge on any atom is -0.496 e. The van der Waals surface area contributed by atoms with Gasteiger partial charge in [0.25, 0.3) is 5.91 Å². The van der Waals surface area contributed by atoms with E-state index in [-0.39, 0.29) is 12.5 Å². The highest BCUT2D eigenvalue weighted by Gasteiger charge is 2.15. The number of amides is 1. The van der Waals surface area contributed by atoms with Gasteiger partial charge >= 0.3 is 6.16 Å². The lowest BCUT2D eigenvalue weighted by molar-refractivity contribution is 0.102. The molecule has 0 atom stereocenters. The summed E-state index contributed by atoms with van der Waals surface area (Å²) in [6, 6.07) is 12.1. The van der Waals surface area contributed by atoms with Crippen LogP contribution in [-0.4, -0.2) is 30.8 Å². The SMILES string of the molecule is CCOC(=O)Oc1ccc(C(=O)Nc2nc(-c3ccc(OC)c(C)c3)c(C)s2)cc1. The smallest absolute Gasteiger partial charge is 0.496 e. The Kier molecular flexibility index (Phi) is 6.68. The number of ether oxygens (including phenoxy) is 3. The first kappa shape index (κ1) is 21.3. The Bertz CT molecular complexity index is 1060. The molecule has 0 aliphatic rings. The quantitative estimate of drug-likeness (QED) is 0.429. The molecule has 1 amide bonds. The monoisotopic (exact) mass is 426 g/mol. The molecule has 0 saturated heterocycles. The summed E-state index contributed by atoms with van der Waals surface area (Å²) >= 11 is 1.40. The van der Waals surface area contributed by atoms with Crippen molar-refractivity contribution in [3.63, 3.8) is 0 Å². The number of carbonyl (C=O) groups is 2. The van der Waals surface area contributed by atoms with E-state index in [2.05, 4.69) is 10.3 Å². The highest BCUT2D eigenvalue weighted by Crippen LogP contribution is 2.33. The first-order chi connectivity index (χ1) is 14.4. The van der Waals surface area contributed by atoms with Crippen molar-refractivity contribution in [2.24, 2.45) is 0 Å². The van der Waals surface area contributed by atoms with Gasteiger partial charge in [-0.15, -0.1) is 11.3 Å². The van der Waals surface area contributed by atoms with E-state index < -0.39 is 6.16 Å². The van der Waals surface area contributed by atoms with Crippen molar-refractivity contribution in [1.29, 1.82) is 0 Å². The number of aryl methyl sites for hydroxylation is 2. The topological polar surface area (TPSA) is 86.8 Å². The highest BCUT2D eigenvalue weighted by atomic mass is 32.1. The van der Waals surface area contributed by atoms with Gasteiger partial charge in [-0.3, -0.25) is 10.1 Å². The molecule has 0 fully saturated rings.